The molecule has 1 aromatic carbocycles. The molecule has 0 atom stereocenters. The molecule has 5 nitrogen and oxygen atoms in total. The molecule has 0 saturated carbocycles. The normalized spacial score (nSPS) is 10.7. The quantitative estimate of drug-likeness (QED) is 0.930. The summed E-state index contributed by atoms with van der Waals surface area (Å²) in [5, 5.41) is 16.9. The Labute approximate surface area is 116 Å². The Morgan fingerprint density at radius 2 is 2.26 bits per heavy atom. The molecular weight excluding hydrogens is 262 g/mol. The van der Waals surface area contributed by atoms with E-state index in [0.717, 1.165) is 11.3 Å². The van der Waals surface area contributed by atoms with Gasteiger partial charge in [0.2, 0.25) is 0 Å². The summed E-state index contributed by atoms with van der Waals surface area (Å²) in [4.78, 5) is 3.91. The van der Waals surface area contributed by atoms with Crippen LogP contribution in [0.1, 0.15) is 25.2 Å². The van der Waals surface area contributed by atoms with Crippen molar-refractivity contribution >= 4 is 11.6 Å². The van der Waals surface area contributed by atoms with Crippen LogP contribution >= 0.6 is 11.6 Å². The van der Waals surface area contributed by atoms with Gasteiger partial charge in [-0.1, -0.05) is 25.4 Å². The Balaban J connectivity index is 2.36. The van der Waals surface area contributed by atoms with Crippen LogP contribution < -0.4 is 5.32 Å². The van der Waals surface area contributed by atoms with Gasteiger partial charge in [-0.25, -0.2) is 9.67 Å². The molecule has 19 heavy (non-hydrogen) atoms. The Kier molecular flexibility index (Phi) is 4.15. The van der Waals surface area contributed by atoms with E-state index in [-0.39, 0.29) is 5.82 Å². The summed E-state index contributed by atoms with van der Waals surface area (Å²) in [6.45, 7) is 4.83. The first-order valence-electron chi connectivity index (χ1n) is 5.94. The highest BCUT2D eigenvalue weighted by atomic mass is 35.5. The van der Waals surface area contributed by atoms with Gasteiger partial charge in [0, 0.05) is 17.6 Å². The van der Waals surface area contributed by atoms with Crippen LogP contribution in [0.15, 0.2) is 24.5 Å². The minimum absolute atomic E-state index is 0.151. The number of halogens is 1. The van der Waals surface area contributed by atoms with Crippen LogP contribution in [-0.2, 0) is 6.54 Å². The minimum atomic E-state index is 0.151. The molecule has 0 bridgehead atoms. The molecule has 6 heteroatoms. The van der Waals surface area contributed by atoms with Crippen LogP contribution in [0.5, 0.6) is 0 Å². The summed E-state index contributed by atoms with van der Waals surface area (Å²) in [5.74, 6) is 0.151. The lowest BCUT2D eigenvalue weighted by molar-refractivity contribution is 0.586. The fourth-order valence-corrected chi connectivity index (χ4v) is 1.86. The summed E-state index contributed by atoms with van der Waals surface area (Å²) in [7, 11) is 0. The highest BCUT2D eigenvalue weighted by Crippen LogP contribution is 2.19. The molecule has 0 spiro atoms. The minimum Gasteiger partial charge on any atom is -0.310 e. The Morgan fingerprint density at radius 3 is 2.89 bits per heavy atom. The van der Waals surface area contributed by atoms with Gasteiger partial charge in [0.15, 0.2) is 0 Å². The van der Waals surface area contributed by atoms with Crippen molar-refractivity contribution in [1.82, 2.24) is 20.1 Å². The van der Waals surface area contributed by atoms with Crippen molar-refractivity contribution in [2.75, 3.05) is 0 Å². The van der Waals surface area contributed by atoms with Gasteiger partial charge in [-0.15, -0.1) is 5.10 Å². The molecule has 0 amide bonds. The first kappa shape index (κ1) is 13.5. The molecule has 1 heterocycles. The molecule has 2 aromatic rings. The van der Waals surface area contributed by atoms with Gasteiger partial charge < -0.3 is 5.32 Å². The Bertz CT molecular complexity index is 612. The Hall–Kier alpha value is -1.90. The molecule has 0 aliphatic heterocycles. The molecule has 1 N–H and O–H groups in total. The van der Waals surface area contributed by atoms with Crippen molar-refractivity contribution in [3.8, 4) is 11.8 Å². The van der Waals surface area contributed by atoms with E-state index in [1.165, 1.54) is 6.33 Å². The maximum Gasteiger partial charge on any atom is 0.252 e. The zero-order chi connectivity index (χ0) is 13.8. The standard InChI is InChI=1S/C13H14ClN5/c1-9(2)16-7-10-5-11(14)3-4-12(10)19-8-17-13(6-15)18-19/h3-5,8-9,16H,7H2,1-2H3. The summed E-state index contributed by atoms with van der Waals surface area (Å²) in [5.41, 5.74) is 1.88. The van der Waals surface area contributed by atoms with Crippen LogP contribution in [0.25, 0.3) is 5.69 Å². The zero-order valence-electron chi connectivity index (χ0n) is 10.8. The number of nitrogens with zero attached hydrogens (tertiary/aromatic N) is 4. The van der Waals surface area contributed by atoms with Gasteiger partial charge in [-0.2, -0.15) is 5.26 Å². The molecule has 1 aromatic heterocycles. The average molecular weight is 276 g/mol. The van der Waals surface area contributed by atoms with E-state index in [4.69, 9.17) is 16.9 Å². The van der Waals surface area contributed by atoms with E-state index in [0.29, 0.717) is 17.6 Å². The number of hydrogen-bond acceptors (Lipinski definition) is 4. The van der Waals surface area contributed by atoms with Crippen molar-refractivity contribution in [2.45, 2.75) is 26.4 Å². The van der Waals surface area contributed by atoms with E-state index in [1.54, 1.807) is 10.7 Å². The molecule has 0 aliphatic carbocycles. The van der Waals surface area contributed by atoms with Gasteiger partial charge in [0.1, 0.15) is 12.4 Å². The predicted molar refractivity (Wildman–Crippen MR) is 73.1 cm³/mol. The maximum absolute atomic E-state index is 8.77. The number of rotatable bonds is 4. The SMILES string of the molecule is CC(C)NCc1cc(Cl)ccc1-n1cnc(C#N)n1. The lowest BCUT2D eigenvalue weighted by atomic mass is 10.1. The first-order valence-corrected chi connectivity index (χ1v) is 6.32. The van der Waals surface area contributed by atoms with Crippen molar-refractivity contribution in [3.63, 3.8) is 0 Å². The van der Waals surface area contributed by atoms with E-state index in [2.05, 4.69) is 29.2 Å². The molecule has 0 fully saturated rings. The predicted octanol–water partition coefficient (Wildman–Crippen LogP) is 2.29. The largest absolute Gasteiger partial charge is 0.310 e. The third kappa shape index (κ3) is 3.31. The van der Waals surface area contributed by atoms with E-state index >= 15 is 0 Å². The molecule has 0 aliphatic rings. The lowest BCUT2D eigenvalue weighted by Crippen LogP contribution is -2.22. The van der Waals surface area contributed by atoms with E-state index in [9.17, 15) is 0 Å². The van der Waals surface area contributed by atoms with Gasteiger partial charge in [-0.3, -0.25) is 0 Å². The number of benzene rings is 1. The van der Waals surface area contributed by atoms with Crippen molar-refractivity contribution < 1.29 is 0 Å². The summed E-state index contributed by atoms with van der Waals surface area (Å²) in [6, 6.07) is 7.84. The summed E-state index contributed by atoms with van der Waals surface area (Å²) in [6.07, 6.45) is 1.53. The topological polar surface area (TPSA) is 66.5 Å². The zero-order valence-corrected chi connectivity index (χ0v) is 11.5. The van der Waals surface area contributed by atoms with Gasteiger partial charge in [0.25, 0.3) is 5.82 Å². The van der Waals surface area contributed by atoms with Crippen LogP contribution in [-0.4, -0.2) is 20.8 Å². The van der Waals surface area contributed by atoms with Crippen LogP contribution in [0, 0.1) is 11.3 Å². The fraction of sp³-hybridized carbons (Fsp3) is 0.308. The number of nitrogens with one attached hydrogen (secondary N) is 1. The van der Waals surface area contributed by atoms with Gasteiger partial charge >= 0.3 is 0 Å². The average Bonchev–Trinajstić information content (AvgIpc) is 2.85. The smallest absolute Gasteiger partial charge is 0.252 e. The molecule has 0 saturated heterocycles. The summed E-state index contributed by atoms with van der Waals surface area (Å²) >= 11 is 6.03. The van der Waals surface area contributed by atoms with E-state index in [1.807, 2.05) is 18.2 Å². The second kappa shape index (κ2) is 5.83. The molecule has 0 unspecified atom stereocenters. The highest BCUT2D eigenvalue weighted by Gasteiger charge is 2.08. The second-order valence-corrected chi connectivity index (χ2v) is 4.87. The summed E-state index contributed by atoms with van der Waals surface area (Å²) < 4.78 is 1.59. The van der Waals surface area contributed by atoms with E-state index < -0.39 is 0 Å². The molecule has 0 radical (unpaired) electrons. The monoisotopic (exact) mass is 275 g/mol. The highest BCUT2D eigenvalue weighted by molar-refractivity contribution is 6.30. The van der Waals surface area contributed by atoms with Crippen LogP contribution in [0.3, 0.4) is 0 Å². The van der Waals surface area contributed by atoms with Crippen LogP contribution in [0.4, 0.5) is 0 Å². The lowest BCUT2D eigenvalue weighted by Gasteiger charge is -2.12. The second-order valence-electron chi connectivity index (χ2n) is 4.43. The third-order valence-electron chi connectivity index (χ3n) is 2.58. The third-order valence-corrected chi connectivity index (χ3v) is 2.82. The van der Waals surface area contributed by atoms with Gasteiger partial charge in [-0.05, 0) is 23.8 Å². The number of aromatic nitrogens is 3. The van der Waals surface area contributed by atoms with Crippen LogP contribution in [0.2, 0.25) is 5.02 Å². The van der Waals surface area contributed by atoms with Crippen molar-refractivity contribution in [2.24, 2.45) is 0 Å². The Morgan fingerprint density at radius 1 is 1.47 bits per heavy atom. The number of nitriles is 1. The first-order chi connectivity index (χ1) is 9.10. The molecule has 98 valence electrons. The molecular formula is C13H14ClN5. The fourth-order valence-electron chi connectivity index (χ4n) is 1.66. The van der Waals surface area contributed by atoms with Gasteiger partial charge in [0.05, 0.1) is 5.69 Å². The molecule has 2 rings (SSSR count). The van der Waals surface area contributed by atoms with Crippen molar-refractivity contribution in [3.05, 3.63) is 40.9 Å². The van der Waals surface area contributed by atoms with Crippen molar-refractivity contribution in [1.29, 1.82) is 5.26 Å². The maximum atomic E-state index is 8.77. The number of hydrogen-bond donors (Lipinski definition) is 1.